The Balaban J connectivity index is 0.00000161. The number of carbonyl (C=O) groups is 1. The van der Waals surface area contributed by atoms with Crippen molar-refractivity contribution >= 4 is 29.2 Å². The van der Waals surface area contributed by atoms with Gasteiger partial charge in [0.1, 0.15) is 0 Å². The predicted molar refractivity (Wildman–Crippen MR) is 88.0 cm³/mol. The van der Waals surface area contributed by atoms with Crippen molar-refractivity contribution < 1.29 is 4.79 Å². The van der Waals surface area contributed by atoms with E-state index in [0.29, 0.717) is 12.5 Å². The van der Waals surface area contributed by atoms with Crippen molar-refractivity contribution in [1.29, 1.82) is 0 Å². The molecule has 0 unspecified atom stereocenters. The van der Waals surface area contributed by atoms with Gasteiger partial charge in [0.05, 0.1) is 6.42 Å². The predicted octanol–water partition coefficient (Wildman–Crippen LogP) is 2.26. The molecule has 114 valence electrons. The number of aromatic nitrogens is 1. The maximum Gasteiger partial charge on any atom is 0.227 e. The number of aromatic amines is 1. The first-order valence-corrected chi connectivity index (χ1v) is 7.22. The fraction of sp³-hybridized carbons (Fsp3) is 0.438. The molecule has 0 spiro atoms. The zero-order valence-electron chi connectivity index (χ0n) is 12.5. The summed E-state index contributed by atoms with van der Waals surface area (Å²) in [7, 11) is 0. The van der Waals surface area contributed by atoms with Gasteiger partial charge < -0.3 is 15.2 Å². The number of amides is 1. The lowest BCUT2D eigenvalue weighted by atomic mass is 10.1. The summed E-state index contributed by atoms with van der Waals surface area (Å²) in [4.78, 5) is 17.8. The average Bonchev–Trinajstić information content (AvgIpc) is 2.75. The second-order valence-corrected chi connectivity index (χ2v) is 5.65. The molecule has 3 rings (SSSR count). The summed E-state index contributed by atoms with van der Waals surface area (Å²) < 4.78 is 0. The van der Waals surface area contributed by atoms with E-state index in [-0.39, 0.29) is 18.3 Å². The maximum absolute atomic E-state index is 12.5. The van der Waals surface area contributed by atoms with Crippen molar-refractivity contribution in [2.45, 2.75) is 26.3 Å². The summed E-state index contributed by atoms with van der Waals surface area (Å²) in [5.41, 5.74) is 3.35. The molecule has 0 saturated carbocycles. The van der Waals surface area contributed by atoms with Crippen LogP contribution in [0.25, 0.3) is 10.9 Å². The van der Waals surface area contributed by atoms with Gasteiger partial charge in [0, 0.05) is 42.3 Å². The standard InChI is InChI=1S/C16H21N3O.ClH/c1-11-10-19(8-7-17-11)16(20)9-14-12(2)18-15-6-4-3-5-13(14)15;/h3-6,11,17-18H,7-10H2,1-2H3;1H/t11-;/m1./s1. The minimum absolute atomic E-state index is 0. The monoisotopic (exact) mass is 307 g/mol. The van der Waals surface area contributed by atoms with Gasteiger partial charge in [-0.05, 0) is 25.5 Å². The first-order chi connectivity index (χ1) is 9.65. The molecule has 2 heterocycles. The number of H-pyrrole nitrogens is 1. The van der Waals surface area contributed by atoms with E-state index in [1.807, 2.05) is 24.0 Å². The summed E-state index contributed by atoms with van der Waals surface area (Å²) in [5, 5.41) is 4.53. The van der Waals surface area contributed by atoms with E-state index < -0.39 is 0 Å². The molecule has 1 aromatic heterocycles. The van der Waals surface area contributed by atoms with E-state index in [1.54, 1.807) is 0 Å². The summed E-state index contributed by atoms with van der Waals surface area (Å²) in [6, 6.07) is 8.57. The molecule has 2 aromatic rings. The third-order valence-corrected chi connectivity index (χ3v) is 4.08. The van der Waals surface area contributed by atoms with Crippen LogP contribution in [0.1, 0.15) is 18.2 Å². The lowest BCUT2D eigenvalue weighted by Gasteiger charge is -2.32. The Bertz CT molecular complexity index is 637. The Morgan fingerprint density at radius 1 is 1.38 bits per heavy atom. The number of piperazine rings is 1. The molecule has 0 radical (unpaired) electrons. The first-order valence-electron chi connectivity index (χ1n) is 7.22. The number of rotatable bonds is 2. The fourth-order valence-corrected chi connectivity index (χ4v) is 2.98. The van der Waals surface area contributed by atoms with E-state index in [0.717, 1.165) is 36.4 Å². The van der Waals surface area contributed by atoms with Crippen molar-refractivity contribution in [3.8, 4) is 0 Å². The van der Waals surface area contributed by atoms with Crippen molar-refractivity contribution in [1.82, 2.24) is 15.2 Å². The molecule has 1 saturated heterocycles. The van der Waals surface area contributed by atoms with Gasteiger partial charge >= 0.3 is 0 Å². The van der Waals surface area contributed by atoms with Gasteiger partial charge in [-0.3, -0.25) is 4.79 Å². The summed E-state index contributed by atoms with van der Waals surface area (Å²) in [6.07, 6.45) is 0.489. The minimum Gasteiger partial charge on any atom is -0.358 e. The minimum atomic E-state index is 0. The Kier molecular flexibility index (Phi) is 4.91. The van der Waals surface area contributed by atoms with Crippen LogP contribution in [0.2, 0.25) is 0 Å². The third-order valence-electron chi connectivity index (χ3n) is 4.08. The van der Waals surface area contributed by atoms with Gasteiger partial charge in [-0.1, -0.05) is 18.2 Å². The Morgan fingerprint density at radius 2 is 2.14 bits per heavy atom. The SMILES string of the molecule is Cc1[nH]c2ccccc2c1CC(=O)N1CCN[C@H](C)C1.Cl. The number of fused-ring (bicyclic) bond motifs is 1. The number of nitrogens with zero attached hydrogens (tertiary/aromatic N) is 1. The van der Waals surface area contributed by atoms with Crippen LogP contribution in [-0.4, -0.2) is 41.5 Å². The van der Waals surface area contributed by atoms with Gasteiger partial charge in [0.25, 0.3) is 0 Å². The molecule has 2 N–H and O–H groups in total. The number of carbonyl (C=O) groups excluding carboxylic acids is 1. The zero-order valence-corrected chi connectivity index (χ0v) is 13.3. The number of benzene rings is 1. The third kappa shape index (κ3) is 3.22. The first kappa shape index (κ1) is 15.9. The molecule has 4 nitrogen and oxygen atoms in total. The normalized spacial score (nSPS) is 18.6. The van der Waals surface area contributed by atoms with Crippen molar-refractivity contribution in [3.05, 3.63) is 35.5 Å². The highest BCUT2D eigenvalue weighted by Gasteiger charge is 2.22. The molecule has 0 aliphatic carbocycles. The van der Waals surface area contributed by atoms with Crippen LogP contribution in [-0.2, 0) is 11.2 Å². The van der Waals surface area contributed by atoms with Crippen LogP contribution in [0.4, 0.5) is 0 Å². The highest BCUT2D eigenvalue weighted by Crippen LogP contribution is 2.22. The number of nitrogens with one attached hydrogen (secondary N) is 2. The summed E-state index contributed by atoms with van der Waals surface area (Å²) >= 11 is 0. The van der Waals surface area contributed by atoms with Crippen molar-refractivity contribution in [3.63, 3.8) is 0 Å². The van der Waals surface area contributed by atoms with Crippen LogP contribution in [0.3, 0.4) is 0 Å². The molecule has 1 aromatic carbocycles. The molecule has 1 atom stereocenters. The van der Waals surface area contributed by atoms with Gasteiger partial charge in [-0.25, -0.2) is 0 Å². The van der Waals surface area contributed by atoms with E-state index in [9.17, 15) is 4.79 Å². The Hall–Kier alpha value is -1.52. The molecule has 1 aliphatic heterocycles. The zero-order chi connectivity index (χ0) is 14.1. The fourth-order valence-electron chi connectivity index (χ4n) is 2.98. The van der Waals surface area contributed by atoms with Crippen molar-refractivity contribution in [2.24, 2.45) is 0 Å². The Labute approximate surface area is 131 Å². The second-order valence-electron chi connectivity index (χ2n) is 5.65. The van der Waals surface area contributed by atoms with Gasteiger partial charge in [-0.2, -0.15) is 0 Å². The van der Waals surface area contributed by atoms with Crippen LogP contribution in [0.15, 0.2) is 24.3 Å². The Morgan fingerprint density at radius 3 is 2.90 bits per heavy atom. The lowest BCUT2D eigenvalue weighted by molar-refractivity contribution is -0.131. The van der Waals surface area contributed by atoms with Gasteiger partial charge in [0.15, 0.2) is 0 Å². The highest BCUT2D eigenvalue weighted by molar-refractivity contribution is 5.90. The number of hydrogen-bond acceptors (Lipinski definition) is 2. The van der Waals surface area contributed by atoms with E-state index in [1.165, 1.54) is 5.39 Å². The van der Waals surface area contributed by atoms with Crippen LogP contribution >= 0.6 is 12.4 Å². The topological polar surface area (TPSA) is 48.1 Å². The quantitative estimate of drug-likeness (QED) is 0.894. The summed E-state index contributed by atoms with van der Waals surface area (Å²) in [5.74, 6) is 0.228. The van der Waals surface area contributed by atoms with Gasteiger partial charge in [-0.15, -0.1) is 12.4 Å². The maximum atomic E-state index is 12.5. The highest BCUT2D eigenvalue weighted by atomic mass is 35.5. The van der Waals surface area contributed by atoms with E-state index in [4.69, 9.17) is 0 Å². The van der Waals surface area contributed by atoms with E-state index in [2.05, 4.69) is 29.4 Å². The number of halogens is 1. The number of hydrogen-bond donors (Lipinski definition) is 2. The van der Waals surface area contributed by atoms with Crippen LogP contribution < -0.4 is 5.32 Å². The molecule has 0 bridgehead atoms. The molecule has 1 amide bonds. The van der Waals surface area contributed by atoms with Crippen molar-refractivity contribution in [2.75, 3.05) is 19.6 Å². The number of aryl methyl sites for hydroxylation is 1. The number of para-hydroxylation sites is 1. The average molecular weight is 308 g/mol. The molecule has 1 fully saturated rings. The lowest BCUT2D eigenvalue weighted by Crippen LogP contribution is -2.51. The van der Waals surface area contributed by atoms with Crippen LogP contribution in [0.5, 0.6) is 0 Å². The molecular weight excluding hydrogens is 286 g/mol. The molecule has 5 heteroatoms. The van der Waals surface area contributed by atoms with Gasteiger partial charge in [0.2, 0.25) is 5.91 Å². The molecule has 21 heavy (non-hydrogen) atoms. The largest absolute Gasteiger partial charge is 0.358 e. The van der Waals surface area contributed by atoms with Crippen LogP contribution in [0, 0.1) is 6.92 Å². The smallest absolute Gasteiger partial charge is 0.227 e. The second kappa shape index (κ2) is 6.50. The molecular formula is C16H22ClN3O. The van der Waals surface area contributed by atoms with E-state index >= 15 is 0 Å². The molecule has 1 aliphatic rings. The summed E-state index contributed by atoms with van der Waals surface area (Å²) in [6.45, 7) is 6.67.